The van der Waals surface area contributed by atoms with Crippen molar-refractivity contribution < 1.29 is 18.2 Å². The van der Waals surface area contributed by atoms with E-state index in [0.717, 1.165) is 25.7 Å². The van der Waals surface area contributed by atoms with E-state index in [1.807, 2.05) is 0 Å². The third-order valence-electron chi connectivity index (χ3n) is 7.58. The molecule has 2 N–H and O–H groups in total. The maximum atomic E-state index is 5.60. The van der Waals surface area contributed by atoms with E-state index >= 15 is 0 Å². The van der Waals surface area contributed by atoms with Gasteiger partial charge in [-0.3, -0.25) is 0 Å². The number of nitrogens with zero attached hydrogens (tertiary/aromatic N) is 4. The van der Waals surface area contributed by atoms with Crippen LogP contribution in [0.25, 0.3) is 0 Å². The lowest BCUT2D eigenvalue weighted by molar-refractivity contribution is -0.199. The topological polar surface area (TPSA) is 106 Å². The first-order valence-corrected chi connectivity index (χ1v) is 11.3. The van der Waals surface area contributed by atoms with Crippen LogP contribution in [0.15, 0.2) is 29.9 Å². The summed E-state index contributed by atoms with van der Waals surface area (Å²) in [6.45, 7) is 2.41. The number of benzene rings is 1. The number of nitrogens with two attached hydrogens (primary N) is 1. The molecule has 2 fully saturated rings. The van der Waals surface area contributed by atoms with Crippen LogP contribution in [0, 0.1) is 17.3 Å². The highest BCUT2D eigenvalue weighted by Crippen LogP contribution is 2.60. The number of fused-ring (bicyclic) bond motifs is 5. The lowest BCUT2D eigenvalue weighted by atomic mass is 9.55. The maximum absolute atomic E-state index is 5.60. The fourth-order valence-corrected chi connectivity index (χ4v) is 6.47. The van der Waals surface area contributed by atoms with E-state index in [1.165, 1.54) is 29.7 Å². The summed E-state index contributed by atoms with van der Waals surface area (Å²) in [4.78, 5) is 4.09. The molecule has 2 aromatic rings. The van der Waals surface area contributed by atoms with Crippen LogP contribution >= 0.6 is 12.3 Å². The average Bonchev–Trinajstić information content (AvgIpc) is 3.41. The highest BCUT2D eigenvalue weighted by Gasteiger charge is 2.53. The Bertz CT molecular complexity index is 969. The van der Waals surface area contributed by atoms with Crippen molar-refractivity contribution in [1.82, 2.24) is 14.9 Å². The van der Waals surface area contributed by atoms with Crippen LogP contribution in [-0.2, 0) is 15.7 Å². The Morgan fingerprint density at radius 1 is 1.16 bits per heavy atom. The molecule has 1 heterocycles. The molecular weight excluding hydrogens is 418 g/mol. The summed E-state index contributed by atoms with van der Waals surface area (Å²) in [5.41, 5.74) is 4.16. The molecule has 2 saturated carbocycles. The largest absolute Gasteiger partial charge is 0.493 e. The van der Waals surface area contributed by atoms with Crippen molar-refractivity contribution in [1.29, 1.82) is 0 Å². The summed E-state index contributed by atoms with van der Waals surface area (Å²) >= 11 is 0.672. The molecule has 31 heavy (non-hydrogen) atoms. The van der Waals surface area contributed by atoms with Crippen molar-refractivity contribution >= 4 is 18.0 Å². The summed E-state index contributed by atoms with van der Waals surface area (Å²) in [6.07, 6.45) is 10.1. The Kier molecular flexibility index (Phi) is 5.63. The zero-order valence-electron chi connectivity index (χ0n) is 17.7. The van der Waals surface area contributed by atoms with E-state index in [-0.39, 0.29) is 5.41 Å². The summed E-state index contributed by atoms with van der Waals surface area (Å²) < 4.78 is 17.5. The van der Waals surface area contributed by atoms with Crippen LogP contribution in [0.2, 0.25) is 0 Å². The predicted molar refractivity (Wildman–Crippen MR) is 115 cm³/mol. The lowest BCUT2D eigenvalue weighted by Crippen LogP contribution is -2.42. The molecule has 5 rings (SSSR count). The number of ether oxygens (including phenoxy) is 1. The van der Waals surface area contributed by atoms with Crippen LogP contribution in [0.1, 0.15) is 56.1 Å². The lowest BCUT2D eigenvalue weighted by Gasteiger charge is -2.49. The standard InChI is InChI=1S/C21H27N5O4S/c1-21-8-7-14-15(17(21)5-6-20(21)25-26-11-23-24-12-26)4-3-13-9-19(28-31-30-29-22)18(27-2)10-16(13)14/h9-12,14-15,17H,3-8,22H2,1-2H3/b25-20+/t14?,15?,17?,21-/m0/s1. The van der Waals surface area contributed by atoms with Crippen molar-refractivity contribution in [3.05, 3.63) is 35.9 Å². The van der Waals surface area contributed by atoms with Gasteiger partial charge in [0.05, 0.1) is 7.11 Å². The van der Waals surface area contributed by atoms with Gasteiger partial charge in [0.1, 0.15) is 12.7 Å². The highest BCUT2D eigenvalue weighted by molar-refractivity contribution is 7.90. The van der Waals surface area contributed by atoms with Crippen molar-refractivity contribution in [2.45, 2.75) is 51.4 Å². The quantitative estimate of drug-likeness (QED) is 0.310. The minimum atomic E-state index is 0.145. The SMILES string of the molecule is COc1cc2c(cc1OSOON)CCC1C2CC[C@]2(C)/C(=N/n3cnnc3)CCC12. The van der Waals surface area contributed by atoms with Gasteiger partial charge in [0.15, 0.2) is 11.5 Å². The molecule has 1 aromatic carbocycles. The van der Waals surface area contributed by atoms with Crippen LogP contribution in [0.4, 0.5) is 0 Å². The molecule has 9 nitrogen and oxygen atoms in total. The van der Waals surface area contributed by atoms with Gasteiger partial charge in [0.2, 0.25) is 0 Å². The first-order chi connectivity index (χ1) is 15.1. The monoisotopic (exact) mass is 445 g/mol. The summed E-state index contributed by atoms with van der Waals surface area (Å²) in [7, 11) is 1.66. The van der Waals surface area contributed by atoms with Crippen molar-refractivity contribution in [2.24, 2.45) is 28.2 Å². The number of hydrogen-bond acceptors (Lipinski definition) is 9. The molecule has 3 unspecified atom stereocenters. The zero-order chi connectivity index (χ0) is 21.4. The van der Waals surface area contributed by atoms with Gasteiger partial charge in [-0.25, -0.2) is 4.68 Å². The Hall–Kier alpha value is -2.14. The van der Waals surface area contributed by atoms with E-state index in [4.69, 9.17) is 19.9 Å². The number of aromatic nitrogens is 3. The molecule has 166 valence electrons. The molecule has 3 aliphatic carbocycles. The molecule has 0 spiro atoms. The second kappa shape index (κ2) is 8.42. The van der Waals surface area contributed by atoms with Crippen LogP contribution < -0.4 is 14.8 Å². The molecule has 3 aliphatic rings. The molecule has 0 radical (unpaired) electrons. The van der Waals surface area contributed by atoms with Gasteiger partial charge < -0.3 is 8.92 Å². The first-order valence-electron chi connectivity index (χ1n) is 10.6. The number of rotatable bonds is 6. The maximum Gasteiger partial charge on any atom is 0.260 e. The molecule has 1 aromatic heterocycles. The third-order valence-corrected chi connectivity index (χ3v) is 7.97. The van der Waals surface area contributed by atoms with E-state index in [1.54, 1.807) is 24.4 Å². The van der Waals surface area contributed by atoms with Gasteiger partial charge in [-0.05, 0) is 79.5 Å². The first kappa shape index (κ1) is 20.7. The van der Waals surface area contributed by atoms with E-state index < -0.39 is 0 Å². The Morgan fingerprint density at radius 3 is 2.77 bits per heavy atom. The second-order valence-electron chi connectivity index (χ2n) is 8.82. The van der Waals surface area contributed by atoms with Crippen LogP contribution in [-0.4, -0.2) is 27.7 Å². The Labute approximate surface area is 185 Å². The van der Waals surface area contributed by atoms with Crippen molar-refractivity contribution in [2.75, 3.05) is 7.11 Å². The van der Waals surface area contributed by atoms with Gasteiger partial charge >= 0.3 is 0 Å². The van der Waals surface area contributed by atoms with E-state index in [0.29, 0.717) is 41.6 Å². The molecule has 0 amide bonds. The molecule has 0 aliphatic heterocycles. The fraction of sp³-hybridized carbons (Fsp3) is 0.571. The van der Waals surface area contributed by atoms with Crippen LogP contribution in [0.5, 0.6) is 11.5 Å². The summed E-state index contributed by atoms with van der Waals surface area (Å²) in [5, 5.41) is 12.6. The number of methoxy groups -OCH3 is 1. The highest BCUT2D eigenvalue weighted by atomic mass is 32.2. The smallest absolute Gasteiger partial charge is 0.260 e. The molecule has 0 saturated heterocycles. The Balaban J connectivity index is 1.41. The third kappa shape index (κ3) is 3.61. The zero-order valence-corrected chi connectivity index (χ0v) is 18.5. The molecule has 4 atom stereocenters. The van der Waals surface area contributed by atoms with Gasteiger partial charge in [-0.2, -0.15) is 11.0 Å². The minimum Gasteiger partial charge on any atom is -0.493 e. The van der Waals surface area contributed by atoms with Gasteiger partial charge in [0, 0.05) is 11.1 Å². The number of aryl methyl sites for hydroxylation is 1. The fourth-order valence-electron chi connectivity index (χ4n) is 6.21. The van der Waals surface area contributed by atoms with Gasteiger partial charge in [-0.1, -0.05) is 6.92 Å². The second-order valence-corrected chi connectivity index (χ2v) is 9.26. The van der Waals surface area contributed by atoms with Gasteiger partial charge in [0.25, 0.3) is 12.3 Å². The van der Waals surface area contributed by atoms with Crippen molar-refractivity contribution in [3.8, 4) is 11.5 Å². The van der Waals surface area contributed by atoms with Crippen molar-refractivity contribution in [3.63, 3.8) is 0 Å². The van der Waals surface area contributed by atoms with E-state index in [2.05, 4.69) is 38.6 Å². The molecular formula is C21H27N5O4S. The molecule has 0 bridgehead atoms. The average molecular weight is 446 g/mol. The summed E-state index contributed by atoms with van der Waals surface area (Å²) in [6, 6.07) is 4.22. The summed E-state index contributed by atoms with van der Waals surface area (Å²) in [5.74, 6) is 8.02. The van der Waals surface area contributed by atoms with Crippen LogP contribution in [0.3, 0.4) is 0 Å². The predicted octanol–water partition coefficient (Wildman–Crippen LogP) is 3.81. The minimum absolute atomic E-state index is 0.145. The molecule has 10 heteroatoms. The normalized spacial score (nSPS) is 30.5. The van der Waals surface area contributed by atoms with Gasteiger partial charge in [-0.15, -0.1) is 19.5 Å². The number of hydrogen-bond donors (Lipinski definition) is 1. The Morgan fingerprint density at radius 2 is 2.00 bits per heavy atom. The van der Waals surface area contributed by atoms with E-state index in [9.17, 15) is 0 Å².